The Morgan fingerprint density at radius 2 is 2.20 bits per heavy atom. The molecule has 1 aromatic carbocycles. The van der Waals surface area contributed by atoms with Crippen molar-refractivity contribution in [1.29, 1.82) is 0 Å². The van der Waals surface area contributed by atoms with Gasteiger partial charge in [-0.1, -0.05) is 19.9 Å². The van der Waals surface area contributed by atoms with E-state index in [0.717, 1.165) is 12.4 Å². The van der Waals surface area contributed by atoms with Gasteiger partial charge >= 0.3 is 0 Å². The second kappa shape index (κ2) is 4.23. The third-order valence-corrected chi connectivity index (χ3v) is 2.70. The minimum Gasteiger partial charge on any atom is -0.491 e. The SMILES string of the molecule is Cc1cc(OCC2CO2)ccc1C(C)C. The van der Waals surface area contributed by atoms with Gasteiger partial charge in [-0.05, 0) is 36.1 Å². The van der Waals surface area contributed by atoms with Gasteiger partial charge in [0.15, 0.2) is 0 Å². The molecule has 1 atom stereocenters. The van der Waals surface area contributed by atoms with Crippen LogP contribution in [0.2, 0.25) is 0 Å². The Morgan fingerprint density at radius 3 is 2.73 bits per heavy atom. The number of aryl methyl sites for hydroxylation is 1. The van der Waals surface area contributed by atoms with Crippen LogP contribution >= 0.6 is 0 Å². The average Bonchev–Trinajstić information content (AvgIpc) is 2.97. The molecule has 2 rings (SSSR count). The van der Waals surface area contributed by atoms with E-state index < -0.39 is 0 Å². The molecule has 1 aliphatic heterocycles. The summed E-state index contributed by atoms with van der Waals surface area (Å²) < 4.78 is 10.7. The van der Waals surface area contributed by atoms with Crippen LogP contribution in [0.3, 0.4) is 0 Å². The van der Waals surface area contributed by atoms with Crippen LogP contribution in [-0.2, 0) is 4.74 Å². The van der Waals surface area contributed by atoms with Crippen LogP contribution in [-0.4, -0.2) is 19.3 Å². The standard InChI is InChI=1S/C13H18O2/c1-9(2)13-5-4-11(6-10(13)3)14-7-12-8-15-12/h4-6,9,12H,7-8H2,1-3H3. The predicted octanol–water partition coefficient (Wildman–Crippen LogP) is 2.90. The van der Waals surface area contributed by atoms with Crippen molar-refractivity contribution >= 4 is 0 Å². The zero-order valence-electron chi connectivity index (χ0n) is 9.62. The largest absolute Gasteiger partial charge is 0.491 e. The molecule has 1 fully saturated rings. The number of rotatable bonds is 4. The highest BCUT2D eigenvalue weighted by molar-refractivity contribution is 5.36. The van der Waals surface area contributed by atoms with E-state index in [9.17, 15) is 0 Å². The van der Waals surface area contributed by atoms with Crippen LogP contribution in [0.1, 0.15) is 30.9 Å². The predicted molar refractivity (Wildman–Crippen MR) is 60.5 cm³/mol. The Bertz CT molecular complexity index is 340. The molecule has 1 heterocycles. The van der Waals surface area contributed by atoms with Crippen molar-refractivity contribution in [3.05, 3.63) is 29.3 Å². The van der Waals surface area contributed by atoms with Crippen LogP contribution in [0.4, 0.5) is 0 Å². The normalized spacial score (nSPS) is 19.3. The highest BCUT2D eigenvalue weighted by Crippen LogP contribution is 2.24. The Labute approximate surface area is 91.2 Å². The van der Waals surface area contributed by atoms with Crippen LogP contribution in [0.5, 0.6) is 5.75 Å². The van der Waals surface area contributed by atoms with E-state index >= 15 is 0 Å². The highest BCUT2D eigenvalue weighted by atomic mass is 16.6. The lowest BCUT2D eigenvalue weighted by Crippen LogP contribution is -2.04. The van der Waals surface area contributed by atoms with Gasteiger partial charge in [0, 0.05) is 0 Å². The smallest absolute Gasteiger partial charge is 0.119 e. The molecule has 0 aliphatic carbocycles. The molecule has 15 heavy (non-hydrogen) atoms. The molecule has 0 bridgehead atoms. The Hall–Kier alpha value is -1.02. The molecular formula is C13H18O2. The zero-order chi connectivity index (χ0) is 10.8. The Morgan fingerprint density at radius 1 is 1.47 bits per heavy atom. The summed E-state index contributed by atoms with van der Waals surface area (Å²) >= 11 is 0. The van der Waals surface area contributed by atoms with Crippen molar-refractivity contribution in [1.82, 2.24) is 0 Å². The second-order valence-electron chi connectivity index (χ2n) is 4.44. The third-order valence-electron chi connectivity index (χ3n) is 2.70. The quantitative estimate of drug-likeness (QED) is 0.706. The molecule has 1 aliphatic rings. The molecule has 0 amide bonds. The summed E-state index contributed by atoms with van der Waals surface area (Å²) in [5.41, 5.74) is 2.70. The molecule has 0 saturated carbocycles. The molecule has 0 radical (unpaired) electrons. The highest BCUT2D eigenvalue weighted by Gasteiger charge is 2.23. The number of hydrogen-bond donors (Lipinski definition) is 0. The zero-order valence-corrected chi connectivity index (χ0v) is 9.62. The maximum Gasteiger partial charge on any atom is 0.119 e. The van der Waals surface area contributed by atoms with Crippen molar-refractivity contribution in [2.45, 2.75) is 32.8 Å². The van der Waals surface area contributed by atoms with Crippen molar-refractivity contribution in [3.8, 4) is 5.75 Å². The van der Waals surface area contributed by atoms with Gasteiger partial charge in [-0.25, -0.2) is 0 Å². The number of ether oxygens (including phenoxy) is 2. The van der Waals surface area contributed by atoms with E-state index in [1.54, 1.807) is 0 Å². The van der Waals surface area contributed by atoms with E-state index in [4.69, 9.17) is 9.47 Å². The summed E-state index contributed by atoms with van der Waals surface area (Å²) in [6.07, 6.45) is 0.329. The van der Waals surface area contributed by atoms with Gasteiger partial charge in [-0.2, -0.15) is 0 Å². The van der Waals surface area contributed by atoms with Gasteiger partial charge in [-0.15, -0.1) is 0 Å². The minimum absolute atomic E-state index is 0.329. The molecule has 2 nitrogen and oxygen atoms in total. The molecule has 0 N–H and O–H groups in total. The maximum absolute atomic E-state index is 5.62. The lowest BCUT2D eigenvalue weighted by Gasteiger charge is -2.11. The topological polar surface area (TPSA) is 21.8 Å². The van der Waals surface area contributed by atoms with E-state index in [2.05, 4.69) is 32.9 Å². The summed E-state index contributed by atoms with van der Waals surface area (Å²) in [4.78, 5) is 0. The van der Waals surface area contributed by atoms with Crippen LogP contribution in [0.25, 0.3) is 0 Å². The van der Waals surface area contributed by atoms with Gasteiger partial charge in [-0.3, -0.25) is 0 Å². The molecule has 82 valence electrons. The van der Waals surface area contributed by atoms with E-state index in [1.807, 2.05) is 6.07 Å². The van der Waals surface area contributed by atoms with E-state index in [-0.39, 0.29) is 0 Å². The summed E-state index contributed by atoms with van der Waals surface area (Å²) in [7, 11) is 0. The van der Waals surface area contributed by atoms with Crippen molar-refractivity contribution in [2.24, 2.45) is 0 Å². The number of benzene rings is 1. The molecule has 0 aromatic heterocycles. The van der Waals surface area contributed by atoms with Gasteiger partial charge in [0.1, 0.15) is 18.5 Å². The van der Waals surface area contributed by atoms with Crippen LogP contribution in [0.15, 0.2) is 18.2 Å². The Kier molecular flexibility index (Phi) is 2.96. The van der Waals surface area contributed by atoms with Crippen molar-refractivity contribution in [2.75, 3.05) is 13.2 Å². The fourth-order valence-electron chi connectivity index (χ4n) is 1.74. The van der Waals surface area contributed by atoms with E-state index in [1.165, 1.54) is 11.1 Å². The molecular weight excluding hydrogens is 188 g/mol. The summed E-state index contributed by atoms with van der Waals surface area (Å²) in [5, 5.41) is 0. The molecule has 1 saturated heterocycles. The molecule has 1 aromatic rings. The Balaban J connectivity index is 2.03. The summed E-state index contributed by atoms with van der Waals surface area (Å²) in [6, 6.07) is 6.31. The van der Waals surface area contributed by atoms with Crippen LogP contribution < -0.4 is 4.74 Å². The lowest BCUT2D eigenvalue weighted by atomic mass is 9.98. The molecule has 0 spiro atoms. The van der Waals surface area contributed by atoms with Gasteiger partial charge in [0.25, 0.3) is 0 Å². The van der Waals surface area contributed by atoms with Gasteiger partial charge < -0.3 is 9.47 Å². The van der Waals surface area contributed by atoms with Gasteiger partial charge in [0.05, 0.1) is 6.61 Å². The summed E-state index contributed by atoms with van der Waals surface area (Å²) in [6.45, 7) is 8.08. The van der Waals surface area contributed by atoms with Gasteiger partial charge in [0.2, 0.25) is 0 Å². The average molecular weight is 206 g/mol. The molecule has 2 heteroatoms. The monoisotopic (exact) mass is 206 g/mol. The lowest BCUT2D eigenvalue weighted by molar-refractivity contribution is 0.263. The first-order valence-corrected chi connectivity index (χ1v) is 5.52. The first-order valence-electron chi connectivity index (χ1n) is 5.52. The second-order valence-corrected chi connectivity index (χ2v) is 4.44. The molecule has 1 unspecified atom stereocenters. The maximum atomic E-state index is 5.62. The summed E-state index contributed by atoms with van der Waals surface area (Å²) in [5.74, 6) is 1.53. The first kappa shape index (κ1) is 10.5. The third kappa shape index (κ3) is 2.72. The number of hydrogen-bond acceptors (Lipinski definition) is 2. The van der Waals surface area contributed by atoms with E-state index in [0.29, 0.717) is 18.6 Å². The van der Waals surface area contributed by atoms with Crippen molar-refractivity contribution < 1.29 is 9.47 Å². The fourth-order valence-corrected chi connectivity index (χ4v) is 1.74. The minimum atomic E-state index is 0.329. The number of epoxide rings is 1. The fraction of sp³-hybridized carbons (Fsp3) is 0.538. The van der Waals surface area contributed by atoms with Crippen LogP contribution in [0, 0.1) is 6.92 Å². The first-order chi connectivity index (χ1) is 7.16. The van der Waals surface area contributed by atoms with Crippen molar-refractivity contribution in [3.63, 3.8) is 0 Å².